The molecule has 0 radical (unpaired) electrons. The third kappa shape index (κ3) is 4.57. The first-order valence-corrected chi connectivity index (χ1v) is 12.6. The minimum atomic E-state index is -3.87. The number of esters is 1. The van der Waals surface area contributed by atoms with E-state index in [-0.39, 0.29) is 28.9 Å². The van der Waals surface area contributed by atoms with Gasteiger partial charge in [-0.15, -0.1) is 0 Å². The van der Waals surface area contributed by atoms with E-state index in [0.29, 0.717) is 36.6 Å². The lowest BCUT2D eigenvalue weighted by Crippen LogP contribution is -2.52. The van der Waals surface area contributed by atoms with Crippen LogP contribution >= 0.6 is 11.6 Å². The Balaban J connectivity index is 1.57. The van der Waals surface area contributed by atoms with Crippen LogP contribution in [0, 0.1) is 5.92 Å². The number of sulfonamides is 1. The fourth-order valence-electron chi connectivity index (χ4n) is 4.24. The maximum absolute atomic E-state index is 13.6. The number of para-hydroxylation sites is 2. The Hall–Kier alpha value is -2.82. The summed E-state index contributed by atoms with van der Waals surface area (Å²) >= 11 is 6.14. The highest BCUT2D eigenvalue weighted by atomic mass is 35.5. The molecule has 2 heterocycles. The SMILES string of the molecule is COC(=O)[C@@H]1CN(C(=O)[C@@H]2CCCN(S(=O)(=O)c3ccc(OC)c(Cl)c3)C2)c2ccccc2O1. The summed E-state index contributed by atoms with van der Waals surface area (Å²) < 4.78 is 43.5. The molecule has 0 N–H and O–H groups in total. The van der Waals surface area contributed by atoms with Gasteiger partial charge in [-0.2, -0.15) is 4.31 Å². The van der Waals surface area contributed by atoms with Crippen LogP contribution < -0.4 is 14.4 Å². The molecule has 4 rings (SSSR count). The van der Waals surface area contributed by atoms with E-state index >= 15 is 0 Å². The number of ether oxygens (including phenoxy) is 3. The molecule has 0 spiro atoms. The summed E-state index contributed by atoms with van der Waals surface area (Å²) in [6, 6.07) is 11.2. The van der Waals surface area contributed by atoms with Crippen LogP contribution in [-0.2, 0) is 24.3 Å². The number of amides is 1. The molecule has 0 unspecified atom stereocenters. The summed E-state index contributed by atoms with van der Waals surface area (Å²) in [4.78, 5) is 27.2. The number of piperidine rings is 1. The minimum Gasteiger partial charge on any atom is -0.495 e. The Morgan fingerprint density at radius 1 is 1.12 bits per heavy atom. The van der Waals surface area contributed by atoms with Crippen molar-refractivity contribution in [2.75, 3.05) is 38.8 Å². The van der Waals surface area contributed by atoms with Crippen molar-refractivity contribution in [1.29, 1.82) is 0 Å². The summed E-state index contributed by atoms with van der Waals surface area (Å²) in [6.45, 7) is 0.299. The fourth-order valence-corrected chi connectivity index (χ4v) is 6.11. The third-order valence-corrected chi connectivity index (χ3v) is 8.15. The Labute approximate surface area is 203 Å². The lowest BCUT2D eigenvalue weighted by Gasteiger charge is -2.38. The number of hydrogen-bond donors (Lipinski definition) is 0. The minimum absolute atomic E-state index is 0.0140. The molecule has 1 amide bonds. The summed E-state index contributed by atoms with van der Waals surface area (Å²) in [6.07, 6.45) is 0.0801. The highest BCUT2D eigenvalue weighted by Crippen LogP contribution is 2.36. The largest absolute Gasteiger partial charge is 0.495 e. The number of halogens is 1. The molecule has 34 heavy (non-hydrogen) atoms. The lowest BCUT2D eigenvalue weighted by molar-refractivity contribution is -0.148. The fraction of sp³-hybridized carbons (Fsp3) is 0.391. The molecular formula is C23H25ClN2O7S. The highest BCUT2D eigenvalue weighted by Gasteiger charge is 2.40. The van der Waals surface area contributed by atoms with Crippen molar-refractivity contribution in [3.8, 4) is 11.5 Å². The van der Waals surface area contributed by atoms with Crippen LogP contribution in [0.25, 0.3) is 0 Å². The van der Waals surface area contributed by atoms with Gasteiger partial charge in [0.1, 0.15) is 11.5 Å². The van der Waals surface area contributed by atoms with Gasteiger partial charge in [0.05, 0.1) is 42.3 Å². The van der Waals surface area contributed by atoms with Gasteiger partial charge in [0.15, 0.2) is 0 Å². The van der Waals surface area contributed by atoms with E-state index in [4.69, 9.17) is 25.8 Å². The maximum atomic E-state index is 13.6. The number of rotatable bonds is 5. The second-order valence-electron chi connectivity index (χ2n) is 8.04. The first-order chi connectivity index (χ1) is 16.3. The van der Waals surface area contributed by atoms with Crippen molar-refractivity contribution in [3.63, 3.8) is 0 Å². The number of nitrogens with zero attached hydrogens (tertiary/aromatic N) is 2. The van der Waals surface area contributed by atoms with Gasteiger partial charge in [0, 0.05) is 13.1 Å². The lowest BCUT2D eigenvalue weighted by atomic mass is 9.97. The van der Waals surface area contributed by atoms with Crippen molar-refractivity contribution < 1.29 is 32.2 Å². The summed E-state index contributed by atoms with van der Waals surface area (Å²) in [5.41, 5.74) is 0.537. The monoisotopic (exact) mass is 508 g/mol. The van der Waals surface area contributed by atoms with Crippen LogP contribution in [0.1, 0.15) is 12.8 Å². The van der Waals surface area contributed by atoms with Gasteiger partial charge in [0.25, 0.3) is 0 Å². The summed E-state index contributed by atoms with van der Waals surface area (Å²) in [5, 5.41) is 0.187. The van der Waals surface area contributed by atoms with Crippen molar-refractivity contribution in [3.05, 3.63) is 47.5 Å². The van der Waals surface area contributed by atoms with E-state index in [0.717, 1.165) is 0 Å². The van der Waals surface area contributed by atoms with Crippen LogP contribution in [0.5, 0.6) is 11.5 Å². The molecule has 1 fully saturated rings. The topological polar surface area (TPSA) is 102 Å². The molecule has 2 aromatic carbocycles. The molecule has 2 atom stereocenters. The maximum Gasteiger partial charge on any atom is 0.348 e. The Morgan fingerprint density at radius 3 is 2.59 bits per heavy atom. The molecule has 182 valence electrons. The third-order valence-electron chi connectivity index (χ3n) is 6.00. The Morgan fingerprint density at radius 2 is 1.88 bits per heavy atom. The molecule has 11 heteroatoms. The zero-order valence-corrected chi connectivity index (χ0v) is 20.3. The van der Waals surface area contributed by atoms with Crippen LogP contribution in [0.15, 0.2) is 47.4 Å². The number of carbonyl (C=O) groups is 2. The summed E-state index contributed by atoms with van der Waals surface area (Å²) in [7, 11) is -1.16. The first kappa shape index (κ1) is 24.3. The van der Waals surface area contributed by atoms with E-state index in [2.05, 4.69) is 0 Å². The zero-order chi connectivity index (χ0) is 24.5. The number of anilines is 1. The predicted octanol–water partition coefficient (Wildman–Crippen LogP) is 2.72. The molecule has 0 aliphatic carbocycles. The number of carbonyl (C=O) groups excluding carboxylic acids is 2. The van der Waals surface area contributed by atoms with Gasteiger partial charge in [0.2, 0.25) is 22.0 Å². The van der Waals surface area contributed by atoms with Crippen molar-refractivity contribution >= 4 is 39.2 Å². The average Bonchev–Trinajstić information content (AvgIpc) is 2.87. The molecule has 9 nitrogen and oxygen atoms in total. The normalized spacial score (nSPS) is 20.7. The smallest absolute Gasteiger partial charge is 0.348 e. The van der Waals surface area contributed by atoms with Crippen LogP contribution in [0.4, 0.5) is 5.69 Å². The second-order valence-corrected chi connectivity index (χ2v) is 10.4. The molecule has 0 bridgehead atoms. The molecule has 2 aliphatic heterocycles. The number of methoxy groups -OCH3 is 2. The molecule has 0 saturated carbocycles. The Kier molecular flexibility index (Phi) is 7.01. The second kappa shape index (κ2) is 9.81. The quantitative estimate of drug-likeness (QED) is 0.572. The molecule has 2 aliphatic rings. The molecule has 2 aromatic rings. The average molecular weight is 509 g/mol. The van der Waals surface area contributed by atoms with Crippen molar-refractivity contribution in [2.45, 2.75) is 23.8 Å². The first-order valence-electron chi connectivity index (χ1n) is 10.7. The van der Waals surface area contributed by atoms with Crippen LogP contribution in [0.3, 0.4) is 0 Å². The van der Waals surface area contributed by atoms with Crippen LogP contribution in [-0.4, -0.2) is 64.6 Å². The van der Waals surface area contributed by atoms with E-state index in [1.807, 2.05) is 0 Å². The van der Waals surface area contributed by atoms with E-state index < -0.39 is 28.0 Å². The highest BCUT2D eigenvalue weighted by molar-refractivity contribution is 7.89. The van der Waals surface area contributed by atoms with Gasteiger partial charge >= 0.3 is 5.97 Å². The Bertz CT molecular complexity index is 1200. The van der Waals surface area contributed by atoms with Crippen molar-refractivity contribution in [2.24, 2.45) is 5.92 Å². The molecule has 0 aromatic heterocycles. The zero-order valence-electron chi connectivity index (χ0n) is 18.8. The van der Waals surface area contributed by atoms with Gasteiger partial charge in [-0.3, -0.25) is 4.79 Å². The predicted molar refractivity (Wildman–Crippen MR) is 125 cm³/mol. The number of hydrogen-bond acceptors (Lipinski definition) is 7. The van der Waals surface area contributed by atoms with Crippen LogP contribution in [0.2, 0.25) is 5.02 Å². The van der Waals surface area contributed by atoms with E-state index in [1.165, 1.54) is 41.6 Å². The van der Waals surface area contributed by atoms with Gasteiger partial charge in [-0.1, -0.05) is 23.7 Å². The number of benzene rings is 2. The molecular weight excluding hydrogens is 484 g/mol. The van der Waals surface area contributed by atoms with E-state index in [9.17, 15) is 18.0 Å². The van der Waals surface area contributed by atoms with Gasteiger partial charge in [-0.25, -0.2) is 13.2 Å². The van der Waals surface area contributed by atoms with Gasteiger partial charge in [-0.05, 0) is 43.2 Å². The number of fused-ring (bicyclic) bond motifs is 1. The summed E-state index contributed by atoms with van der Waals surface area (Å²) in [5.74, 6) is -0.667. The standard InChI is InChI=1S/C23H25ClN2O7S/c1-31-19-10-9-16(12-17(19)24)34(29,30)25-11-5-6-15(13-25)22(27)26-14-21(23(28)32-2)33-20-8-4-3-7-18(20)26/h3-4,7-10,12,15,21H,5-6,11,13-14H2,1-2H3/t15-,21+/m1/s1. The molecule has 1 saturated heterocycles. The van der Waals surface area contributed by atoms with E-state index in [1.54, 1.807) is 24.3 Å². The van der Waals surface area contributed by atoms with Gasteiger partial charge < -0.3 is 19.1 Å². The van der Waals surface area contributed by atoms with Crippen molar-refractivity contribution in [1.82, 2.24) is 4.31 Å².